The largest absolute Gasteiger partial charge is 0.482 e. The van der Waals surface area contributed by atoms with E-state index in [1.807, 2.05) is 6.07 Å². The summed E-state index contributed by atoms with van der Waals surface area (Å²) >= 11 is 0. The van der Waals surface area contributed by atoms with Crippen LogP contribution in [0.1, 0.15) is 43.7 Å². The molecule has 1 fully saturated rings. The molecule has 0 aromatic heterocycles. The number of nitriles is 1. The lowest BCUT2D eigenvalue weighted by molar-refractivity contribution is -0.132. The molecule has 0 saturated carbocycles. The molecule has 5 atom stereocenters. The number of hydrogen-bond donors (Lipinski definition) is 0. The van der Waals surface area contributed by atoms with Gasteiger partial charge in [-0.1, -0.05) is 18.2 Å². The van der Waals surface area contributed by atoms with Gasteiger partial charge in [0.15, 0.2) is 11.5 Å². The molecule has 0 amide bonds. The van der Waals surface area contributed by atoms with Crippen molar-refractivity contribution in [2.75, 3.05) is 20.2 Å². The minimum Gasteiger partial charge on any atom is -0.482 e. The highest BCUT2D eigenvalue weighted by atomic mass is 16.6. The van der Waals surface area contributed by atoms with Crippen LogP contribution >= 0.6 is 0 Å². The Morgan fingerprint density at radius 2 is 2.23 bits per heavy atom. The fourth-order valence-electron chi connectivity index (χ4n) is 6.11. The minimum absolute atomic E-state index is 0.120. The van der Waals surface area contributed by atoms with Gasteiger partial charge in [-0.3, -0.25) is 4.79 Å². The van der Waals surface area contributed by atoms with Crippen molar-refractivity contribution < 1.29 is 19.0 Å². The number of carbonyl (C=O) groups excluding carboxylic acids is 1. The van der Waals surface area contributed by atoms with Crippen molar-refractivity contribution in [3.8, 4) is 17.6 Å². The third-order valence-corrected chi connectivity index (χ3v) is 7.36. The maximum absolute atomic E-state index is 11.7. The van der Waals surface area contributed by atoms with Gasteiger partial charge in [0.05, 0.1) is 6.07 Å². The number of carbonyl (C=O) groups is 1. The highest BCUT2D eigenvalue weighted by Crippen LogP contribution is 2.62. The number of ether oxygens (including phenoxy) is 3. The molecule has 2 bridgehead atoms. The molecule has 1 saturated heterocycles. The first kappa shape index (κ1) is 19.6. The molecule has 6 heteroatoms. The fraction of sp³-hybridized carbons (Fsp3) is 0.583. The Kier molecular flexibility index (Phi) is 4.83. The highest BCUT2D eigenvalue weighted by Gasteiger charge is 2.64. The number of benzene rings is 1. The molecule has 2 aliphatic heterocycles. The van der Waals surface area contributed by atoms with Gasteiger partial charge < -0.3 is 19.1 Å². The molecule has 1 aromatic rings. The predicted octanol–water partition coefficient (Wildman–Crippen LogP) is 3.14. The van der Waals surface area contributed by atoms with Crippen LogP contribution in [0.25, 0.3) is 0 Å². The maximum Gasteiger partial charge on any atom is 0.308 e. The van der Waals surface area contributed by atoms with Gasteiger partial charge in [0.2, 0.25) is 0 Å². The third kappa shape index (κ3) is 2.79. The standard InChI is InChI=1S/C24H28N2O4/c1-15(27)29-19-8-6-16-14-18-17-7-9-20(28-13-5-3-4-11-25)23-24(17,10-12-26(18)2)21(16)22(19)30-23/h6-9,17-18,20,23H,3-5,10,12-14H2,1-2H3/t17-,18+,20-,23-,24-/m0/s1. The normalized spacial score (nSPS) is 32.8. The van der Waals surface area contributed by atoms with E-state index in [2.05, 4.69) is 36.2 Å². The summed E-state index contributed by atoms with van der Waals surface area (Å²) in [5, 5.41) is 8.74. The van der Waals surface area contributed by atoms with Crippen LogP contribution in [-0.4, -0.2) is 49.3 Å². The van der Waals surface area contributed by atoms with Gasteiger partial charge in [-0.2, -0.15) is 5.26 Å². The minimum atomic E-state index is -0.334. The SMILES string of the molecule is CC(=O)Oc1ccc2c3c1O[C@H]1[C@@H](OCCCCC#N)C=C[C@H]4[C@@H](C2)N(C)CC[C@@]341. The van der Waals surface area contributed by atoms with E-state index < -0.39 is 0 Å². The van der Waals surface area contributed by atoms with Crippen molar-refractivity contribution in [2.45, 2.75) is 62.7 Å². The van der Waals surface area contributed by atoms with E-state index >= 15 is 0 Å². The summed E-state index contributed by atoms with van der Waals surface area (Å²) in [6.07, 6.45) is 8.50. The zero-order valence-corrected chi connectivity index (χ0v) is 17.6. The highest BCUT2D eigenvalue weighted by molar-refractivity contribution is 5.72. The summed E-state index contributed by atoms with van der Waals surface area (Å²) in [5.41, 5.74) is 2.41. The van der Waals surface area contributed by atoms with E-state index in [4.69, 9.17) is 19.5 Å². The molecule has 6 nitrogen and oxygen atoms in total. The van der Waals surface area contributed by atoms with Gasteiger partial charge in [-0.25, -0.2) is 0 Å². The topological polar surface area (TPSA) is 71.8 Å². The Bertz CT molecular complexity index is 936. The second kappa shape index (κ2) is 7.40. The van der Waals surface area contributed by atoms with Crippen molar-refractivity contribution in [1.82, 2.24) is 4.90 Å². The first-order chi connectivity index (χ1) is 14.6. The molecule has 158 valence electrons. The van der Waals surface area contributed by atoms with E-state index in [1.54, 1.807) is 0 Å². The van der Waals surface area contributed by atoms with Crippen LogP contribution in [0.2, 0.25) is 0 Å². The van der Waals surface area contributed by atoms with Gasteiger partial charge >= 0.3 is 5.97 Å². The summed E-state index contributed by atoms with van der Waals surface area (Å²) < 4.78 is 18.4. The first-order valence-corrected chi connectivity index (χ1v) is 10.9. The molecule has 2 heterocycles. The van der Waals surface area contributed by atoms with E-state index in [1.165, 1.54) is 18.1 Å². The molecular formula is C24H28N2O4. The summed E-state index contributed by atoms with van der Waals surface area (Å²) in [6.45, 7) is 3.05. The van der Waals surface area contributed by atoms with Crippen LogP contribution in [0.3, 0.4) is 0 Å². The number of unbranched alkanes of at least 4 members (excludes halogenated alkanes) is 2. The van der Waals surface area contributed by atoms with E-state index in [9.17, 15) is 4.79 Å². The van der Waals surface area contributed by atoms with Crippen molar-refractivity contribution in [2.24, 2.45) is 5.92 Å². The molecule has 1 spiro atoms. The van der Waals surface area contributed by atoms with Crippen LogP contribution in [-0.2, 0) is 21.4 Å². The molecule has 2 aliphatic carbocycles. The smallest absolute Gasteiger partial charge is 0.308 e. The summed E-state index contributed by atoms with van der Waals surface area (Å²) in [5.74, 6) is 1.29. The number of piperidine rings is 1. The summed E-state index contributed by atoms with van der Waals surface area (Å²) in [6, 6.07) is 6.62. The molecule has 1 aromatic carbocycles. The number of esters is 1. The zero-order valence-electron chi connectivity index (χ0n) is 17.6. The molecule has 0 N–H and O–H groups in total. The monoisotopic (exact) mass is 408 g/mol. The van der Waals surface area contributed by atoms with Crippen molar-refractivity contribution in [1.29, 1.82) is 5.26 Å². The van der Waals surface area contributed by atoms with Gasteiger partial charge in [-0.05, 0) is 50.9 Å². The van der Waals surface area contributed by atoms with Crippen molar-refractivity contribution in [3.63, 3.8) is 0 Å². The second-order valence-electron chi connectivity index (χ2n) is 8.96. The zero-order chi connectivity index (χ0) is 20.9. The quantitative estimate of drug-likeness (QED) is 0.312. The Labute approximate surface area is 177 Å². The summed E-state index contributed by atoms with van der Waals surface area (Å²) in [4.78, 5) is 14.2. The Morgan fingerprint density at radius 1 is 1.37 bits per heavy atom. The average Bonchev–Trinajstić information content (AvgIpc) is 3.07. The van der Waals surface area contributed by atoms with Crippen LogP contribution in [0.4, 0.5) is 0 Å². The summed E-state index contributed by atoms with van der Waals surface area (Å²) in [7, 11) is 2.22. The Balaban J connectivity index is 1.53. The fourth-order valence-corrected chi connectivity index (χ4v) is 6.11. The molecule has 4 aliphatic rings. The van der Waals surface area contributed by atoms with Crippen LogP contribution in [0, 0.1) is 17.2 Å². The Hall–Kier alpha value is -2.36. The lowest BCUT2D eigenvalue weighted by atomic mass is 9.53. The molecular weight excluding hydrogens is 380 g/mol. The van der Waals surface area contributed by atoms with E-state index in [0.717, 1.165) is 38.0 Å². The number of likely N-dealkylation sites (N-methyl/N-ethyl adjacent to an activating group) is 1. The number of nitrogens with zero attached hydrogens (tertiary/aromatic N) is 2. The number of hydrogen-bond acceptors (Lipinski definition) is 6. The van der Waals surface area contributed by atoms with Crippen LogP contribution in [0.15, 0.2) is 24.3 Å². The van der Waals surface area contributed by atoms with E-state index in [-0.39, 0.29) is 23.6 Å². The maximum atomic E-state index is 11.7. The average molecular weight is 408 g/mol. The first-order valence-electron chi connectivity index (χ1n) is 10.9. The lowest BCUT2D eigenvalue weighted by Crippen LogP contribution is -2.65. The van der Waals surface area contributed by atoms with Crippen LogP contribution in [0.5, 0.6) is 11.5 Å². The van der Waals surface area contributed by atoms with Gasteiger partial charge in [0, 0.05) is 42.9 Å². The second-order valence-corrected chi connectivity index (χ2v) is 8.96. The molecule has 5 rings (SSSR count). The predicted molar refractivity (Wildman–Crippen MR) is 110 cm³/mol. The van der Waals surface area contributed by atoms with Gasteiger partial charge in [-0.15, -0.1) is 0 Å². The number of rotatable bonds is 6. The molecule has 30 heavy (non-hydrogen) atoms. The van der Waals surface area contributed by atoms with Crippen LogP contribution < -0.4 is 9.47 Å². The van der Waals surface area contributed by atoms with E-state index in [0.29, 0.717) is 30.7 Å². The lowest BCUT2D eigenvalue weighted by Gasteiger charge is -2.56. The number of likely N-dealkylation sites (tertiary alicyclic amines) is 1. The van der Waals surface area contributed by atoms with Crippen molar-refractivity contribution in [3.05, 3.63) is 35.4 Å². The third-order valence-electron chi connectivity index (χ3n) is 7.36. The van der Waals surface area contributed by atoms with Gasteiger partial charge in [0.1, 0.15) is 12.2 Å². The molecule has 0 unspecified atom stereocenters. The van der Waals surface area contributed by atoms with Crippen molar-refractivity contribution >= 4 is 5.97 Å². The van der Waals surface area contributed by atoms with Gasteiger partial charge in [0.25, 0.3) is 0 Å². The molecule has 0 radical (unpaired) electrons. The Morgan fingerprint density at radius 3 is 3.03 bits per heavy atom.